The Balaban J connectivity index is 0.00000169. The van der Waals surface area contributed by atoms with Crippen molar-refractivity contribution in [1.82, 2.24) is 0 Å². The van der Waals surface area contributed by atoms with Crippen LogP contribution in [0.4, 0.5) is 17.1 Å². The molecule has 3 aromatic carbocycles. The van der Waals surface area contributed by atoms with Crippen LogP contribution in [0.25, 0.3) is 21.7 Å². The molecule has 1 aromatic heterocycles. The van der Waals surface area contributed by atoms with Crippen molar-refractivity contribution >= 4 is 51.2 Å². The Morgan fingerprint density at radius 1 is 0.833 bits per heavy atom. The van der Waals surface area contributed by atoms with Crippen LogP contribution in [-0.2, 0) is 0 Å². The average Bonchev–Trinajstić information content (AvgIpc) is 2.56. The fraction of sp³-hybridized carbons (Fsp3) is 0. The molecule has 0 spiro atoms. The maximum absolute atomic E-state index is 12.0. The van der Waals surface area contributed by atoms with Gasteiger partial charge < -0.3 is 15.5 Å². The lowest BCUT2D eigenvalue weighted by Crippen LogP contribution is -2.02. The van der Waals surface area contributed by atoms with Gasteiger partial charge in [0.1, 0.15) is 5.58 Å². The van der Waals surface area contributed by atoms with Gasteiger partial charge in [-0.3, -0.25) is 0 Å². The highest BCUT2D eigenvalue weighted by Gasteiger charge is 2.10. The standard InChI is InChI=1S/C19H14N2O2.ClH/c20-15-7-3-4-8-16(15)21-17-11-18(22)23-19-13-6-2-1-5-12(13)9-10-14(17)19;/h1-11,21H,20H2;1H. The molecule has 0 unspecified atom stereocenters. The number of anilines is 3. The summed E-state index contributed by atoms with van der Waals surface area (Å²) in [7, 11) is 0. The van der Waals surface area contributed by atoms with Crippen molar-refractivity contribution in [3.63, 3.8) is 0 Å². The van der Waals surface area contributed by atoms with Crippen molar-refractivity contribution in [2.45, 2.75) is 0 Å². The van der Waals surface area contributed by atoms with Gasteiger partial charge in [-0.25, -0.2) is 4.79 Å². The van der Waals surface area contributed by atoms with Gasteiger partial charge in [0, 0.05) is 16.8 Å². The van der Waals surface area contributed by atoms with Gasteiger partial charge in [0.15, 0.2) is 0 Å². The molecule has 0 aliphatic rings. The Kier molecular flexibility index (Phi) is 4.15. The highest BCUT2D eigenvalue weighted by Crippen LogP contribution is 2.31. The Bertz CT molecular complexity index is 1090. The second-order valence-electron chi connectivity index (χ2n) is 5.35. The second kappa shape index (κ2) is 6.26. The van der Waals surface area contributed by atoms with Crippen molar-refractivity contribution in [2.75, 3.05) is 11.1 Å². The van der Waals surface area contributed by atoms with E-state index in [9.17, 15) is 4.79 Å². The minimum absolute atomic E-state index is 0. The summed E-state index contributed by atoms with van der Waals surface area (Å²) < 4.78 is 5.46. The predicted octanol–water partition coefficient (Wildman–Crippen LogP) is 4.69. The first-order valence-electron chi connectivity index (χ1n) is 7.29. The van der Waals surface area contributed by atoms with Crippen molar-refractivity contribution in [1.29, 1.82) is 0 Å². The maximum Gasteiger partial charge on any atom is 0.338 e. The van der Waals surface area contributed by atoms with E-state index in [1.807, 2.05) is 60.7 Å². The summed E-state index contributed by atoms with van der Waals surface area (Å²) in [5, 5.41) is 6.01. The lowest BCUT2D eigenvalue weighted by Gasteiger charge is -2.11. The molecule has 0 fully saturated rings. The Morgan fingerprint density at radius 2 is 1.58 bits per heavy atom. The zero-order valence-corrected chi connectivity index (χ0v) is 13.5. The van der Waals surface area contributed by atoms with E-state index in [-0.39, 0.29) is 12.4 Å². The van der Waals surface area contributed by atoms with Crippen molar-refractivity contribution in [3.05, 3.63) is 77.2 Å². The fourth-order valence-corrected chi connectivity index (χ4v) is 2.75. The Morgan fingerprint density at radius 3 is 2.42 bits per heavy atom. The highest BCUT2D eigenvalue weighted by molar-refractivity contribution is 6.08. The maximum atomic E-state index is 12.0. The molecule has 0 radical (unpaired) electrons. The molecule has 0 aliphatic carbocycles. The van der Waals surface area contributed by atoms with Crippen LogP contribution in [0.15, 0.2) is 75.9 Å². The molecular weight excluding hydrogens is 324 g/mol. The zero-order chi connectivity index (χ0) is 15.8. The summed E-state index contributed by atoms with van der Waals surface area (Å²) in [4.78, 5) is 12.0. The van der Waals surface area contributed by atoms with Crippen LogP contribution in [0.3, 0.4) is 0 Å². The molecule has 120 valence electrons. The summed E-state index contributed by atoms with van der Waals surface area (Å²) in [5.41, 5.74) is 8.21. The van der Waals surface area contributed by atoms with Gasteiger partial charge >= 0.3 is 5.63 Å². The minimum atomic E-state index is -0.397. The molecule has 0 saturated carbocycles. The van der Waals surface area contributed by atoms with E-state index >= 15 is 0 Å². The van der Waals surface area contributed by atoms with E-state index in [4.69, 9.17) is 10.2 Å². The van der Waals surface area contributed by atoms with Gasteiger partial charge in [-0.05, 0) is 23.6 Å². The smallest absolute Gasteiger partial charge is 0.338 e. The van der Waals surface area contributed by atoms with Crippen LogP contribution in [0.5, 0.6) is 0 Å². The molecule has 24 heavy (non-hydrogen) atoms. The third-order valence-corrected chi connectivity index (χ3v) is 3.86. The van der Waals surface area contributed by atoms with E-state index in [0.29, 0.717) is 17.0 Å². The van der Waals surface area contributed by atoms with Gasteiger partial charge in [0.2, 0.25) is 0 Å². The molecule has 4 aromatic rings. The van der Waals surface area contributed by atoms with Crippen molar-refractivity contribution in [3.8, 4) is 0 Å². The molecule has 0 bridgehead atoms. The van der Waals surface area contributed by atoms with Gasteiger partial charge in [0.25, 0.3) is 0 Å². The monoisotopic (exact) mass is 338 g/mol. The molecule has 0 aliphatic heterocycles. The molecular formula is C19H15ClN2O2. The SMILES string of the molecule is Cl.Nc1ccccc1Nc1cc(=O)oc2c1ccc1ccccc12. The summed E-state index contributed by atoms with van der Waals surface area (Å²) in [6.07, 6.45) is 0. The van der Waals surface area contributed by atoms with Crippen molar-refractivity contribution in [2.24, 2.45) is 0 Å². The largest absolute Gasteiger partial charge is 0.422 e. The minimum Gasteiger partial charge on any atom is -0.422 e. The van der Waals surface area contributed by atoms with Crippen LogP contribution >= 0.6 is 12.4 Å². The molecule has 4 nitrogen and oxygen atoms in total. The molecule has 0 amide bonds. The number of hydrogen-bond acceptors (Lipinski definition) is 4. The molecule has 0 atom stereocenters. The number of hydrogen-bond donors (Lipinski definition) is 2. The number of nitrogen functional groups attached to an aromatic ring is 1. The zero-order valence-electron chi connectivity index (χ0n) is 12.7. The first kappa shape index (κ1) is 15.9. The van der Waals surface area contributed by atoms with Gasteiger partial charge in [-0.2, -0.15) is 0 Å². The Hall–Kier alpha value is -2.98. The van der Waals surface area contributed by atoms with Gasteiger partial charge in [-0.1, -0.05) is 42.5 Å². The quantitative estimate of drug-likeness (QED) is 0.316. The lowest BCUT2D eigenvalue weighted by molar-refractivity contribution is 0.565. The first-order valence-corrected chi connectivity index (χ1v) is 7.29. The van der Waals surface area contributed by atoms with Crippen LogP contribution in [0, 0.1) is 0 Å². The molecule has 5 heteroatoms. The van der Waals surface area contributed by atoms with E-state index in [1.54, 1.807) is 0 Å². The van der Waals surface area contributed by atoms with Crippen LogP contribution in [0.1, 0.15) is 0 Å². The highest BCUT2D eigenvalue weighted by atomic mass is 35.5. The number of halogens is 1. The number of benzene rings is 3. The average molecular weight is 339 g/mol. The van der Waals surface area contributed by atoms with Gasteiger partial charge in [-0.15, -0.1) is 12.4 Å². The van der Waals surface area contributed by atoms with Crippen molar-refractivity contribution < 1.29 is 4.42 Å². The van der Waals surface area contributed by atoms with Crippen LogP contribution < -0.4 is 16.7 Å². The first-order chi connectivity index (χ1) is 11.2. The summed E-state index contributed by atoms with van der Waals surface area (Å²) in [5.74, 6) is 0. The van der Waals surface area contributed by atoms with E-state index in [1.165, 1.54) is 6.07 Å². The van der Waals surface area contributed by atoms with Gasteiger partial charge in [0.05, 0.1) is 17.1 Å². The van der Waals surface area contributed by atoms with Crippen LogP contribution in [-0.4, -0.2) is 0 Å². The molecule has 4 rings (SSSR count). The lowest BCUT2D eigenvalue weighted by atomic mass is 10.1. The van der Waals surface area contributed by atoms with Crippen LogP contribution in [0.2, 0.25) is 0 Å². The normalized spacial score (nSPS) is 10.5. The molecule has 0 saturated heterocycles. The molecule has 3 N–H and O–H groups in total. The summed E-state index contributed by atoms with van der Waals surface area (Å²) in [6, 6.07) is 20.7. The second-order valence-corrected chi connectivity index (χ2v) is 5.35. The van der Waals surface area contributed by atoms with E-state index in [0.717, 1.165) is 21.8 Å². The number of fused-ring (bicyclic) bond motifs is 3. The number of rotatable bonds is 2. The number of nitrogens with one attached hydrogen (secondary N) is 1. The Labute approximate surface area is 144 Å². The molecule has 1 heterocycles. The summed E-state index contributed by atoms with van der Waals surface area (Å²) >= 11 is 0. The fourth-order valence-electron chi connectivity index (χ4n) is 2.75. The van der Waals surface area contributed by atoms with E-state index < -0.39 is 5.63 Å². The number of para-hydroxylation sites is 2. The third-order valence-electron chi connectivity index (χ3n) is 3.86. The topological polar surface area (TPSA) is 68.3 Å². The third kappa shape index (κ3) is 2.68. The number of nitrogens with two attached hydrogens (primary N) is 1. The van der Waals surface area contributed by atoms with E-state index in [2.05, 4.69) is 5.32 Å². The summed E-state index contributed by atoms with van der Waals surface area (Å²) in [6.45, 7) is 0. The predicted molar refractivity (Wildman–Crippen MR) is 101 cm³/mol.